The van der Waals surface area contributed by atoms with E-state index in [-0.39, 0.29) is 0 Å². The summed E-state index contributed by atoms with van der Waals surface area (Å²) in [5.74, 6) is 0. The molecule has 0 atom stereocenters. The summed E-state index contributed by atoms with van der Waals surface area (Å²) in [6.07, 6.45) is 20.5. The van der Waals surface area contributed by atoms with Crippen molar-refractivity contribution < 1.29 is 0 Å². The highest BCUT2D eigenvalue weighted by molar-refractivity contribution is 4.93. The quantitative estimate of drug-likeness (QED) is 0.258. The Labute approximate surface area is 128 Å². The highest BCUT2D eigenvalue weighted by atomic mass is 14.5. The molecule has 0 rings (SSSR count). The molecule has 0 aliphatic carbocycles. The molecule has 1 heteroatoms. The van der Waals surface area contributed by atoms with Gasteiger partial charge in [-0.2, -0.15) is 0 Å². The van der Waals surface area contributed by atoms with Crippen LogP contribution in [0.3, 0.4) is 0 Å². The van der Waals surface area contributed by atoms with Crippen LogP contribution >= 0.6 is 0 Å². The summed E-state index contributed by atoms with van der Waals surface area (Å²) in [6, 6.07) is 0. The van der Waals surface area contributed by atoms with Gasteiger partial charge in [0.25, 0.3) is 0 Å². The number of hydrogen-bond donors (Lipinski definition) is 1. The molecule has 0 unspecified atom stereocenters. The summed E-state index contributed by atoms with van der Waals surface area (Å²) in [5.41, 5.74) is 6.94. The Bertz CT molecular complexity index is 198. The lowest BCUT2D eigenvalue weighted by atomic mass is 10.0. The van der Waals surface area contributed by atoms with E-state index in [1.807, 2.05) is 0 Å². The Hall–Kier alpha value is -0.300. The van der Waals surface area contributed by atoms with E-state index in [1.165, 1.54) is 95.5 Å². The van der Waals surface area contributed by atoms with Crippen molar-refractivity contribution >= 4 is 0 Å². The number of hydrogen-bond acceptors (Lipinski definition) is 1. The van der Waals surface area contributed by atoms with Crippen LogP contribution in [0.4, 0.5) is 0 Å². The monoisotopic (exact) mass is 281 g/mol. The van der Waals surface area contributed by atoms with Crippen molar-refractivity contribution in [2.45, 2.75) is 103 Å². The van der Waals surface area contributed by atoms with Gasteiger partial charge in [0, 0.05) is 0 Å². The molecule has 0 aliphatic heterocycles. The van der Waals surface area contributed by atoms with E-state index in [0.717, 1.165) is 13.0 Å². The zero-order chi connectivity index (χ0) is 14.9. The Morgan fingerprint density at radius 1 is 0.650 bits per heavy atom. The first kappa shape index (κ1) is 19.7. The molecule has 0 saturated carbocycles. The van der Waals surface area contributed by atoms with E-state index in [1.54, 1.807) is 0 Å². The number of unbranched alkanes of at least 4 members (excludes halogenated alkanes) is 11. The zero-order valence-corrected chi connectivity index (χ0v) is 14.1. The van der Waals surface area contributed by atoms with E-state index in [0.29, 0.717) is 0 Å². The standard InChI is InChI=1S/C19H39N/c1-3-4-5-6-7-8-9-10-11-12-13-16-19(2)17-14-15-18-20/h2-18,20H2,1H3. The molecular formula is C19H39N. The largest absolute Gasteiger partial charge is 0.330 e. The lowest BCUT2D eigenvalue weighted by Crippen LogP contribution is -1.98. The average Bonchev–Trinajstić information content (AvgIpc) is 2.45. The van der Waals surface area contributed by atoms with Crippen LogP contribution in [0.15, 0.2) is 12.2 Å². The maximum Gasteiger partial charge on any atom is -0.00772 e. The van der Waals surface area contributed by atoms with Gasteiger partial charge in [-0.15, -0.1) is 0 Å². The van der Waals surface area contributed by atoms with Gasteiger partial charge in [0.15, 0.2) is 0 Å². The van der Waals surface area contributed by atoms with Gasteiger partial charge < -0.3 is 5.73 Å². The van der Waals surface area contributed by atoms with Gasteiger partial charge in [0.1, 0.15) is 0 Å². The summed E-state index contributed by atoms with van der Waals surface area (Å²) in [7, 11) is 0. The van der Waals surface area contributed by atoms with Crippen LogP contribution in [0.1, 0.15) is 103 Å². The van der Waals surface area contributed by atoms with Gasteiger partial charge in [0.05, 0.1) is 0 Å². The third-order valence-corrected chi connectivity index (χ3v) is 4.12. The molecule has 0 radical (unpaired) electrons. The van der Waals surface area contributed by atoms with Gasteiger partial charge in [-0.1, -0.05) is 83.3 Å². The molecule has 0 saturated heterocycles. The predicted octanol–water partition coefficient (Wildman–Crippen LogP) is 6.37. The predicted molar refractivity (Wildman–Crippen MR) is 93.1 cm³/mol. The maximum atomic E-state index is 5.50. The summed E-state index contributed by atoms with van der Waals surface area (Å²) < 4.78 is 0. The SMILES string of the molecule is C=C(CCCCN)CCCCCCCCCCCCC. The second-order valence-corrected chi connectivity index (χ2v) is 6.28. The van der Waals surface area contributed by atoms with Crippen molar-refractivity contribution in [3.63, 3.8) is 0 Å². The number of nitrogens with two attached hydrogens (primary N) is 1. The van der Waals surface area contributed by atoms with Crippen LogP contribution in [0.25, 0.3) is 0 Å². The highest BCUT2D eigenvalue weighted by Crippen LogP contribution is 2.16. The van der Waals surface area contributed by atoms with Crippen molar-refractivity contribution in [1.82, 2.24) is 0 Å². The van der Waals surface area contributed by atoms with Gasteiger partial charge in [-0.25, -0.2) is 0 Å². The lowest BCUT2D eigenvalue weighted by Gasteiger charge is -2.05. The molecule has 20 heavy (non-hydrogen) atoms. The molecule has 0 bridgehead atoms. The van der Waals surface area contributed by atoms with Gasteiger partial charge in [0.2, 0.25) is 0 Å². The fraction of sp³-hybridized carbons (Fsp3) is 0.895. The van der Waals surface area contributed by atoms with Crippen molar-refractivity contribution in [3.8, 4) is 0 Å². The van der Waals surface area contributed by atoms with E-state index < -0.39 is 0 Å². The fourth-order valence-electron chi connectivity index (χ4n) is 2.68. The number of rotatable bonds is 16. The minimum Gasteiger partial charge on any atom is -0.330 e. The van der Waals surface area contributed by atoms with Crippen molar-refractivity contribution in [1.29, 1.82) is 0 Å². The smallest absolute Gasteiger partial charge is 0.00772 e. The molecule has 0 aromatic heterocycles. The van der Waals surface area contributed by atoms with E-state index in [9.17, 15) is 0 Å². The first-order valence-electron chi connectivity index (χ1n) is 9.18. The second-order valence-electron chi connectivity index (χ2n) is 6.28. The Morgan fingerprint density at radius 2 is 1.05 bits per heavy atom. The summed E-state index contributed by atoms with van der Waals surface area (Å²) in [6.45, 7) is 7.28. The van der Waals surface area contributed by atoms with Crippen molar-refractivity contribution in [2.75, 3.05) is 6.54 Å². The first-order chi connectivity index (χ1) is 9.81. The van der Waals surface area contributed by atoms with Crippen LogP contribution in [0.5, 0.6) is 0 Å². The van der Waals surface area contributed by atoms with E-state index >= 15 is 0 Å². The van der Waals surface area contributed by atoms with Gasteiger partial charge in [-0.05, 0) is 38.6 Å². The van der Waals surface area contributed by atoms with Crippen LogP contribution in [-0.4, -0.2) is 6.54 Å². The van der Waals surface area contributed by atoms with Crippen LogP contribution in [-0.2, 0) is 0 Å². The molecule has 0 amide bonds. The van der Waals surface area contributed by atoms with Gasteiger partial charge in [-0.3, -0.25) is 0 Å². The normalized spacial score (nSPS) is 10.9. The molecule has 0 aromatic carbocycles. The summed E-state index contributed by atoms with van der Waals surface area (Å²) in [4.78, 5) is 0. The Balaban J connectivity index is 3.07. The fourth-order valence-corrected chi connectivity index (χ4v) is 2.68. The molecule has 1 nitrogen and oxygen atoms in total. The minimum atomic E-state index is 0.825. The van der Waals surface area contributed by atoms with Crippen LogP contribution in [0.2, 0.25) is 0 Å². The minimum absolute atomic E-state index is 0.825. The van der Waals surface area contributed by atoms with Crippen LogP contribution in [0, 0.1) is 0 Å². The molecule has 120 valence electrons. The zero-order valence-electron chi connectivity index (χ0n) is 14.1. The molecule has 0 aliphatic rings. The van der Waals surface area contributed by atoms with Crippen molar-refractivity contribution in [3.05, 3.63) is 12.2 Å². The van der Waals surface area contributed by atoms with Crippen molar-refractivity contribution in [2.24, 2.45) is 5.73 Å². The maximum absolute atomic E-state index is 5.50. The third-order valence-electron chi connectivity index (χ3n) is 4.12. The summed E-state index contributed by atoms with van der Waals surface area (Å²) >= 11 is 0. The number of allylic oxidation sites excluding steroid dienone is 1. The molecule has 0 spiro atoms. The Kier molecular flexibility index (Phi) is 16.5. The topological polar surface area (TPSA) is 26.0 Å². The lowest BCUT2D eigenvalue weighted by molar-refractivity contribution is 0.547. The molecule has 0 aromatic rings. The first-order valence-corrected chi connectivity index (χ1v) is 9.18. The average molecular weight is 282 g/mol. The second kappa shape index (κ2) is 16.8. The highest BCUT2D eigenvalue weighted by Gasteiger charge is 1.96. The molecule has 0 heterocycles. The molecule has 0 fully saturated rings. The van der Waals surface area contributed by atoms with E-state index in [4.69, 9.17) is 5.73 Å². The molecule has 2 N–H and O–H groups in total. The molecular weight excluding hydrogens is 242 g/mol. The summed E-state index contributed by atoms with van der Waals surface area (Å²) in [5, 5.41) is 0. The van der Waals surface area contributed by atoms with Gasteiger partial charge >= 0.3 is 0 Å². The van der Waals surface area contributed by atoms with Crippen LogP contribution < -0.4 is 5.73 Å². The van der Waals surface area contributed by atoms with E-state index in [2.05, 4.69) is 13.5 Å². The Morgan fingerprint density at radius 3 is 1.50 bits per heavy atom. The third kappa shape index (κ3) is 15.8.